The van der Waals surface area contributed by atoms with Crippen molar-refractivity contribution >= 4 is 22.9 Å². The van der Waals surface area contributed by atoms with Crippen molar-refractivity contribution in [2.75, 3.05) is 0 Å². The fraction of sp³-hybridized carbons (Fsp3) is 0.647. The lowest BCUT2D eigenvalue weighted by Gasteiger charge is -2.44. The van der Waals surface area contributed by atoms with Crippen LogP contribution in [0.2, 0.25) is 4.34 Å². The molecule has 1 N–H and O–H groups in total. The molecule has 2 fully saturated rings. The molecule has 0 saturated heterocycles. The van der Waals surface area contributed by atoms with E-state index in [1.54, 1.807) is 11.3 Å². The first kappa shape index (κ1) is 15.6. The number of halogens is 1. The average Bonchev–Trinajstić information content (AvgIpc) is 3.00. The van der Waals surface area contributed by atoms with Crippen molar-refractivity contribution in [3.8, 4) is 0 Å². The third-order valence-electron chi connectivity index (χ3n) is 4.92. The summed E-state index contributed by atoms with van der Waals surface area (Å²) in [5.41, 5.74) is -0.263. The Morgan fingerprint density at radius 2 is 1.96 bits per heavy atom. The summed E-state index contributed by atoms with van der Waals surface area (Å²) >= 11 is 7.78. The van der Waals surface area contributed by atoms with Crippen LogP contribution in [-0.2, 0) is 10.8 Å². The molecule has 0 bridgehead atoms. The molecule has 4 rings (SSSR count). The minimum atomic E-state index is -0.265. The smallest absolute Gasteiger partial charge is 0.145 e. The zero-order valence-corrected chi connectivity index (χ0v) is 15.3. The van der Waals surface area contributed by atoms with E-state index in [4.69, 9.17) is 11.6 Å². The van der Waals surface area contributed by atoms with Gasteiger partial charge in [-0.3, -0.25) is 0 Å². The number of hydrogen-bond donors (Lipinski definition) is 1. The predicted octanol–water partition coefficient (Wildman–Crippen LogP) is 4.07. The predicted molar refractivity (Wildman–Crippen MR) is 92.3 cm³/mol. The molecule has 4 nitrogen and oxygen atoms in total. The lowest BCUT2D eigenvalue weighted by molar-refractivity contribution is 0.0333. The Labute approximate surface area is 145 Å². The highest BCUT2D eigenvalue weighted by molar-refractivity contribution is 7.16. The molecule has 23 heavy (non-hydrogen) atoms. The monoisotopic (exact) mass is 351 g/mol. The van der Waals surface area contributed by atoms with Crippen LogP contribution < -0.4 is 0 Å². The third-order valence-corrected chi connectivity index (χ3v) is 6.35. The first-order valence-corrected chi connectivity index (χ1v) is 9.40. The molecule has 2 aliphatic carbocycles. The van der Waals surface area contributed by atoms with Crippen LogP contribution in [0, 0.1) is 0 Å². The van der Waals surface area contributed by atoms with Crippen molar-refractivity contribution in [1.82, 2.24) is 14.8 Å². The molecular weight excluding hydrogens is 330 g/mol. The summed E-state index contributed by atoms with van der Waals surface area (Å²) in [6, 6.07) is 4.54. The second-order valence-electron chi connectivity index (χ2n) is 7.95. The van der Waals surface area contributed by atoms with E-state index in [-0.39, 0.29) is 16.9 Å². The van der Waals surface area contributed by atoms with Gasteiger partial charge in [0.1, 0.15) is 11.6 Å². The van der Waals surface area contributed by atoms with Crippen molar-refractivity contribution in [1.29, 1.82) is 0 Å². The van der Waals surface area contributed by atoms with Gasteiger partial charge in [-0.25, -0.2) is 0 Å². The highest BCUT2D eigenvalue weighted by Crippen LogP contribution is 2.53. The van der Waals surface area contributed by atoms with Gasteiger partial charge < -0.3 is 9.67 Å². The van der Waals surface area contributed by atoms with Crippen molar-refractivity contribution in [3.63, 3.8) is 0 Å². The normalized spacial score (nSPS) is 28.0. The molecule has 124 valence electrons. The number of thiophene rings is 1. The molecule has 2 aliphatic rings. The zero-order valence-electron chi connectivity index (χ0n) is 13.7. The third kappa shape index (κ3) is 2.44. The Bertz CT molecular complexity index is 735. The zero-order chi connectivity index (χ0) is 16.4. The highest BCUT2D eigenvalue weighted by atomic mass is 35.5. The Balaban J connectivity index is 1.86. The van der Waals surface area contributed by atoms with Crippen molar-refractivity contribution < 1.29 is 5.11 Å². The van der Waals surface area contributed by atoms with Gasteiger partial charge in [-0.1, -0.05) is 32.4 Å². The van der Waals surface area contributed by atoms with Crippen molar-refractivity contribution in [2.45, 2.75) is 69.4 Å². The maximum Gasteiger partial charge on any atom is 0.145 e. The summed E-state index contributed by atoms with van der Waals surface area (Å²) in [4.78, 5) is 1.20. The van der Waals surface area contributed by atoms with Crippen LogP contribution in [0.4, 0.5) is 0 Å². The van der Waals surface area contributed by atoms with E-state index in [0.717, 1.165) is 16.0 Å². The molecule has 2 saturated carbocycles. The standard InChI is InChI=1S/C17H22ClN3OS/c1-16(2,3)14-19-20-15(21(14)10-4-5-10)17(8-11(22)9-17)12-6-7-13(18)23-12/h6-7,10-11,22H,4-5,8-9H2,1-3H3. The summed E-state index contributed by atoms with van der Waals surface area (Å²) in [5, 5.41) is 19.2. The summed E-state index contributed by atoms with van der Waals surface area (Å²) in [6.45, 7) is 6.55. The minimum absolute atomic E-state index is 0.0372. The Hall–Kier alpha value is -0.910. The van der Waals surface area contributed by atoms with E-state index in [0.29, 0.717) is 18.9 Å². The summed E-state index contributed by atoms with van der Waals surface area (Å²) in [5.74, 6) is 2.08. The minimum Gasteiger partial charge on any atom is -0.393 e. The van der Waals surface area contributed by atoms with Gasteiger partial charge in [0.25, 0.3) is 0 Å². The van der Waals surface area contributed by atoms with E-state index in [1.807, 2.05) is 6.07 Å². The topological polar surface area (TPSA) is 50.9 Å². The summed E-state index contributed by atoms with van der Waals surface area (Å²) in [7, 11) is 0. The maximum absolute atomic E-state index is 10.0. The Morgan fingerprint density at radius 1 is 1.26 bits per heavy atom. The van der Waals surface area contributed by atoms with Gasteiger partial charge in [0, 0.05) is 16.3 Å². The van der Waals surface area contributed by atoms with E-state index < -0.39 is 0 Å². The van der Waals surface area contributed by atoms with Crippen molar-refractivity contribution in [2.24, 2.45) is 0 Å². The average molecular weight is 352 g/mol. The molecule has 0 unspecified atom stereocenters. The molecule has 6 heteroatoms. The van der Waals surface area contributed by atoms with Crippen LogP contribution in [0.5, 0.6) is 0 Å². The van der Waals surface area contributed by atoms with Gasteiger partial charge in [0.15, 0.2) is 0 Å². The fourth-order valence-corrected chi connectivity index (χ4v) is 4.87. The van der Waals surface area contributed by atoms with Crippen LogP contribution in [-0.4, -0.2) is 26.0 Å². The SMILES string of the molecule is CC(C)(C)c1nnc(C2(c3ccc(Cl)s3)CC(O)C2)n1C1CC1. The van der Waals surface area contributed by atoms with Gasteiger partial charge in [-0.2, -0.15) is 0 Å². The van der Waals surface area contributed by atoms with Gasteiger partial charge >= 0.3 is 0 Å². The molecule has 0 amide bonds. The van der Waals surface area contributed by atoms with E-state index in [9.17, 15) is 5.11 Å². The molecular formula is C17H22ClN3OS. The van der Waals surface area contributed by atoms with E-state index in [1.165, 1.54) is 17.7 Å². The van der Waals surface area contributed by atoms with Crippen LogP contribution in [0.1, 0.15) is 69.0 Å². The molecule has 0 spiro atoms. The largest absolute Gasteiger partial charge is 0.393 e. The molecule has 2 aromatic rings. The first-order chi connectivity index (χ1) is 10.8. The van der Waals surface area contributed by atoms with Crippen LogP contribution in [0.3, 0.4) is 0 Å². The molecule has 2 heterocycles. The Kier molecular flexibility index (Phi) is 3.42. The lowest BCUT2D eigenvalue weighted by Crippen LogP contribution is -2.47. The second-order valence-corrected chi connectivity index (χ2v) is 9.66. The van der Waals surface area contributed by atoms with Gasteiger partial charge in [-0.15, -0.1) is 21.5 Å². The number of aliphatic hydroxyl groups excluding tert-OH is 1. The Morgan fingerprint density at radius 3 is 2.43 bits per heavy atom. The van der Waals surface area contributed by atoms with Crippen LogP contribution in [0.25, 0.3) is 0 Å². The molecule has 2 aromatic heterocycles. The fourth-order valence-electron chi connectivity index (χ4n) is 3.62. The number of rotatable bonds is 3. The van der Waals surface area contributed by atoms with Gasteiger partial charge in [-0.05, 0) is 37.8 Å². The number of aromatic nitrogens is 3. The van der Waals surface area contributed by atoms with Gasteiger partial charge in [0.2, 0.25) is 0 Å². The molecule has 0 radical (unpaired) electrons. The van der Waals surface area contributed by atoms with E-state index >= 15 is 0 Å². The van der Waals surface area contributed by atoms with Crippen LogP contribution >= 0.6 is 22.9 Å². The number of hydrogen-bond acceptors (Lipinski definition) is 4. The number of nitrogens with zero attached hydrogens (tertiary/aromatic N) is 3. The van der Waals surface area contributed by atoms with Crippen LogP contribution in [0.15, 0.2) is 12.1 Å². The van der Waals surface area contributed by atoms with E-state index in [2.05, 4.69) is 41.6 Å². The highest BCUT2D eigenvalue weighted by Gasteiger charge is 2.52. The maximum atomic E-state index is 10.0. The van der Waals surface area contributed by atoms with Gasteiger partial charge in [0.05, 0.1) is 15.9 Å². The van der Waals surface area contributed by atoms with Crippen molar-refractivity contribution in [3.05, 3.63) is 33.0 Å². The lowest BCUT2D eigenvalue weighted by atomic mass is 9.65. The summed E-state index contributed by atoms with van der Waals surface area (Å²) < 4.78 is 3.15. The molecule has 0 aromatic carbocycles. The number of aliphatic hydroxyl groups is 1. The second kappa shape index (κ2) is 5.04. The molecule has 0 aliphatic heterocycles. The first-order valence-electron chi connectivity index (χ1n) is 8.21. The molecule has 0 atom stereocenters. The summed E-state index contributed by atoms with van der Waals surface area (Å²) in [6.07, 6.45) is 3.53. The quantitative estimate of drug-likeness (QED) is 0.906.